The highest BCUT2D eigenvalue weighted by atomic mass is 35.5. The van der Waals surface area contributed by atoms with Crippen LogP contribution in [0.25, 0.3) is 6.08 Å². The third-order valence-corrected chi connectivity index (χ3v) is 11.4. The molecule has 3 aromatic carbocycles. The van der Waals surface area contributed by atoms with Gasteiger partial charge in [-0.25, -0.2) is 9.29 Å². The van der Waals surface area contributed by atoms with E-state index in [1.807, 2.05) is 6.08 Å². The minimum atomic E-state index is -2.07. The number of rotatable bonds is 6. The highest BCUT2D eigenvalue weighted by molar-refractivity contribution is 6.58. The first-order valence-electron chi connectivity index (χ1n) is 15.2. The number of hydrogen-bond donors (Lipinski definition) is 1. The number of carbonyl (C=O) groups is 4. The zero-order valence-electron chi connectivity index (χ0n) is 25.7. The number of halogens is 3. The lowest BCUT2D eigenvalue weighted by Crippen LogP contribution is -2.60. The molecule has 9 nitrogen and oxygen atoms in total. The van der Waals surface area contributed by atoms with Crippen LogP contribution < -0.4 is 19.3 Å². The average Bonchev–Trinajstić information content (AvgIpc) is 3.43. The Labute approximate surface area is 285 Å². The third-order valence-electron chi connectivity index (χ3n) is 9.95. The predicted molar refractivity (Wildman–Crippen MR) is 177 cm³/mol. The summed E-state index contributed by atoms with van der Waals surface area (Å²) in [6.45, 7) is 0. The standard InChI is InChI=1S/C36H29Cl2FN2O7/c1-47-27-16-19(17-28(48-2)30(27)42)8-15-26-23-13-14-24-29(32(44)40(31(24)43)21-6-4-3-5-7-21)25(23)18-35(37)33(45)41(34(46)36(26,35)38)22-11-9-20(39)10-12-22/h3-13,15-17,24-26,29,42H,14,18H2,1-2H3. The van der Waals surface area contributed by atoms with E-state index in [1.54, 1.807) is 54.6 Å². The summed E-state index contributed by atoms with van der Waals surface area (Å²) >= 11 is 14.7. The normalized spacial score (nSPS) is 29.6. The summed E-state index contributed by atoms with van der Waals surface area (Å²) in [5.41, 5.74) is 1.64. The molecule has 0 radical (unpaired) electrons. The molecule has 3 fully saturated rings. The Morgan fingerprint density at radius 3 is 2.10 bits per heavy atom. The predicted octanol–water partition coefficient (Wildman–Crippen LogP) is 5.86. The molecule has 2 heterocycles. The second-order valence-corrected chi connectivity index (χ2v) is 13.5. The minimum Gasteiger partial charge on any atom is -0.502 e. The fourth-order valence-corrected chi connectivity index (χ4v) is 8.59. The maximum absolute atomic E-state index is 14.4. The van der Waals surface area contributed by atoms with Crippen LogP contribution >= 0.6 is 23.2 Å². The Kier molecular flexibility index (Phi) is 7.64. The Hall–Kier alpha value is -4.67. The lowest BCUT2D eigenvalue weighted by molar-refractivity contribution is -0.125. The van der Waals surface area contributed by atoms with Crippen LogP contribution in [0.4, 0.5) is 15.8 Å². The number of amides is 4. The molecule has 0 bridgehead atoms. The molecule has 2 saturated heterocycles. The monoisotopic (exact) mass is 690 g/mol. The maximum Gasteiger partial charge on any atom is 0.258 e. The van der Waals surface area contributed by atoms with Gasteiger partial charge >= 0.3 is 0 Å². The highest BCUT2D eigenvalue weighted by Crippen LogP contribution is 2.63. The number of imide groups is 2. The van der Waals surface area contributed by atoms with Crippen LogP contribution in [0.1, 0.15) is 18.4 Å². The zero-order valence-corrected chi connectivity index (χ0v) is 27.2. The molecule has 6 unspecified atom stereocenters. The summed E-state index contributed by atoms with van der Waals surface area (Å²) in [6, 6.07) is 16.6. The molecule has 4 aliphatic rings. The summed E-state index contributed by atoms with van der Waals surface area (Å²) in [7, 11) is 2.77. The van der Waals surface area contributed by atoms with E-state index in [0.29, 0.717) is 16.8 Å². The Morgan fingerprint density at radius 2 is 1.48 bits per heavy atom. The molecule has 2 aliphatic carbocycles. The van der Waals surface area contributed by atoms with Gasteiger partial charge in [-0.15, -0.1) is 23.2 Å². The molecule has 48 heavy (non-hydrogen) atoms. The number of ether oxygens (including phenoxy) is 2. The fraction of sp³-hybridized carbons (Fsp3) is 0.278. The Morgan fingerprint density at radius 1 is 0.854 bits per heavy atom. The van der Waals surface area contributed by atoms with E-state index in [4.69, 9.17) is 32.7 Å². The van der Waals surface area contributed by atoms with E-state index in [0.717, 1.165) is 17.0 Å². The van der Waals surface area contributed by atoms with Gasteiger partial charge in [0.25, 0.3) is 11.8 Å². The number of benzene rings is 3. The number of allylic oxidation sites excluding steroid dienone is 3. The summed E-state index contributed by atoms with van der Waals surface area (Å²) in [5.74, 6) is -6.19. The fourth-order valence-electron chi connectivity index (χ4n) is 7.70. The maximum atomic E-state index is 14.4. The number of anilines is 2. The number of fused-ring (bicyclic) bond motifs is 4. The van der Waals surface area contributed by atoms with Gasteiger partial charge in [0.1, 0.15) is 5.82 Å². The van der Waals surface area contributed by atoms with Crippen molar-refractivity contribution in [1.82, 2.24) is 0 Å². The number of phenolic OH excluding ortho intramolecular Hbond substituents is 1. The number of para-hydroxylation sites is 1. The number of alkyl halides is 2. The number of nitrogens with zero attached hydrogens (tertiary/aromatic N) is 2. The molecule has 0 aromatic heterocycles. The molecular weight excluding hydrogens is 662 g/mol. The lowest BCUT2D eigenvalue weighted by Gasteiger charge is -2.49. The number of hydrogen-bond acceptors (Lipinski definition) is 7. The molecule has 2 aliphatic heterocycles. The zero-order chi connectivity index (χ0) is 34.1. The summed E-state index contributed by atoms with van der Waals surface area (Å²) in [6.07, 6.45) is 5.13. The van der Waals surface area contributed by atoms with Gasteiger partial charge in [-0.05, 0) is 72.9 Å². The first-order valence-corrected chi connectivity index (χ1v) is 16.0. The van der Waals surface area contributed by atoms with E-state index < -0.39 is 57.0 Å². The van der Waals surface area contributed by atoms with Crippen LogP contribution in [0.2, 0.25) is 0 Å². The van der Waals surface area contributed by atoms with Crippen LogP contribution in [0, 0.1) is 29.5 Å². The quantitative estimate of drug-likeness (QED) is 0.196. The van der Waals surface area contributed by atoms with Gasteiger partial charge in [0.2, 0.25) is 17.6 Å². The highest BCUT2D eigenvalue weighted by Gasteiger charge is 2.76. The summed E-state index contributed by atoms with van der Waals surface area (Å²) in [4.78, 5) is 54.5. The van der Waals surface area contributed by atoms with E-state index in [2.05, 4.69) is 0 Å². The number of methoxy groups -OCH3 is 2. The van der Waals surface area contributed by atoms with E-state index in [-0.39, 0.29) is 41.7 Å². The van der Waals surface area contributed by atoms with Gasteiger partial charge in [-0.3, -0.25) is 24.1 Å². The third kappa shape index (κ3) is 4.42. The van der Waals surface area contributed by atoms with Crippen molar-refractivity contribution in [3.05, 3.63) is 95.8 Å². The number of aromatic hydroxyl groups is 1. The van der Waals surface area contributed by atoms with Gasteiger partial charge in [-0.1, -0.05) is 42.0 Å². The molecule has 1 saturated carbocycles. The van der Waals surface area contributed by atoms with Crippen molar-refractivity contribution in [2.75, 3.05) is 24.0 Å². The SMILES string of the molecule is COc1cc(C=CC2C3=CCC4C(=O)N(c5ccccc5)C(=O)C4C3CC3(Cl)C(=O)N(c4ccc(F)cc4)C(=O)C23Cl)cc(OC)c1O. The van der Waals surface area contributed by atoms with Crippen molar-refractivity contribution < 1.29 is 38.1 Å². The molecule has 1 N–H and O–H groups in total. The van der Waals surface area contributed by atoms with E-state index in [9.17, 15) is 28.7 Å². The lowest BCUT2D eigenvalue weighted by atomic mass is 9.57. The smallest absolute Gasteiger partial charge is 0.258 e. The Balaban J connectivity index is 1.37. The van der Waals surface area contributed by atoms with Gasteiger partial charge in [0.05, 0.1) is 37.4 Å². The van der Waals surface area contributed by atoms with Crippen LogP contribution in [0.3, 0.4) is 0 Å². The van der Waals surface area contributed by atoms with Gasteiger partial charge in [-0.2, -0.15) is 0 Å². The molecule has 0 spiro atoms. The van der Waals surface area contributed by atoms with Crippen molar-refractivity contribution in [3.8, 4) is 17.2 Å². The number of carbonyl (C=O) groups excluding carboxylic acids is 4. The molecule has 7 rings (SSSR count). The number of phenols is 1. The van der Waals surface area contributed by atoms with Crippen molar-refractivity contribution in [1.29, 1.82) is 0 Å². The topological polar surface area (TPSA) is 113 Å². The molecule has 12 heteroatoms. The molecular formula is C36H29Cl2FN2O7. The van der Waals surface area contributed by atoms with Gasteiger partial charge in [0, 0.05) is 5.92 Å². The second-order valence-electron chi connectivity index (χ2n) is 12.3. The summed E-state index contributed by atoms with van der Waals surface area (Å²) in [5, 5.41) is 10.4. The molecule has 6 atom stereocenters. The molecule has 4 amide bonds. The van der Waals surface area contributed by atoms with Crippen LogP contribution in [-0.4, -0.2) is 52.7 Å². The first kappa shape index (κ1) is 31.9. The first-order chi connectivity index (χ1) is 23.0. The van der Waals surface area contributed by atoms with Crippen LogP contribution in [0.15, 0.2) is 84.5 Å². The van der Waals surface area contributed by atoms with Crippen LogP contribution in [-0.2, 0) is 19.2 Å². The average molecular weight is 692 g/mol. The van der Waals surface area contributed by atoms with Crippen molar-refractivity contribution >= 4 is 64.3 Å². The second kappa shape index (κ2) is 11.5. The Bertz CT molecular complexity index is 1910. The summed E-state index contributed by atoms with van der Waals surface area (Å²) < 4.78 is 24.5. The van der Waals surface area contributed by atoms with E-state index >= 15 is 0 Å². The largest absolute Gasteiger partial charge is 0.502 e. The van der Waals surface area contributed by atoms with Crippen molar-refractivity contribution in [3.63, 3.8) is 0 Å². The minimum absolute atomic E-state index is 0.0915. The molecule has 3 aromatic rings. The van der Waals surface area contributed by atoms with Gasteiger partial charge in [0.15, 0.2) is 21.2 Å². The van der Waals surface area contributed by atoms with Gasteiger partial charge < -0.3 is 14.6 Å². The van der Waals surface area contributed by atoms with Crippen molar-refractivity contribution in [2.45, 2.75) is 22.6 Å². The van der Waals surface area contributed by atoms with Crippen LogP contribution in [0.5, 0.6) is 17.2 Å². The van der Waals surface area contributed by atoms with Crippen molar-refractivity contribution in [2.24, 2.45) is 23.7 Å². The van der Waals surface area contributed by atoms with E-state index in [1.165, 1.54) is 31.3 Å². The molecule has 246 valence electrons.